The van der Waals surface area contributed by atoms with E-state index in [1.165, 1.54) is 18.3 Å². The number of nitrogen functional groups attached to an aromatic ring is 2. The fourth-order valence-corrected chi connectivity index (χ4v) is 1.34. The van der Waals surface area contributed by atoms with E-state index in [1.807, 2.05) is 0 Å². The van der Waals surface area contributed by atoms with Gasteiger partial charge in [0.25, 0.3) is 0 Å². The summed E-state index contributed by atoms with van der Waals surface area (Å²) in [5.41, 5.74) is 11.3. The van der Waals surface area contributed by atoms with Crippen LogP contribution in [0.4, 0.5) is 22.9 Å². The first-order valence-corrected chi connectivity index (χ1v) is 4.92. The Labute approximate surface area is 101 Å². The Morgan fingerprint density at radius 1 is 1.28 bits per heavy atom. The van der Waals surface area contributed by atoms with Gasteiger partial charge in [0.2, 0.25) is 0 Å². The van der Waals surface area contributed by atoms with Crippen molar-refractivity contribution in [2.45, 2.75) is 0 Å². The molecule has 1 aromatic carbocycles. The van der Waals surface area contributed by atoms with Gasteiger partial charge in [0, 0.05) is 6.07 Å². The van der Waals surface area contributed by atoms with E-state index < -0.39 is 5.97 Å². The molecule has 0 aliphatic heterocycles. The molecule has 18 heavy (non-hydrogen) atoms. The largest absolute Gasteiger partial charge is 0.478 e. The Hall–Kier alpha value is -2.90. The van der Waals surface area contributed by atoms with E-state index in [1.54, 1.807) is 6.07 Å². The monoisotopic (exact) mass is 246 g/mol. The van der Waals surface area contributed by atoms with Gasteiger partial charge in [0.05, 0.1) is 17.6 Å². The molecule has 0 unspecified atom stereocenters. The zero-order valence-electron chi connectivity index (χ0n) is 9.16. The number of aromatic carboxylic acids is 1. The number of hydrogen-bond acceptors (Lipinski definition) is 6. The Morgan fingerprint density at radius 2 is 2.06 bits per heavy atom. The van der Waals surface area contributed by atoms with Crippen LogP contribution in [0.25, 0.3) is 0 Å². The molecule has 0 atom stereocenters. The summed E-state index contributed by atoms with van der Waals surface area (Å²) < 4.78 is 0. The summed E-state index contributed by atoms with van der Waals surface area (Å²) in [4.78, 5) is 11.1. The van der Waals surface area contributed by atoms with Gasteiger partial charge in [-0.25, -0.2) is 4.79 Å². The van der Waals surface area contributed by atoms with E-state index >= 15 is 0 Å². The smallest absolute Gasteiger partial charge is 0.340 e. The Balaban J connectivity index is 2.45. The number of anilines is 2. The van der Waals surface area contributed by atoms with Gasteiger partial charge in [0.15, 0.2) is 5.82 Å². The quantitative estimate of drug-likeness (QED) is 0.481. The molecule has 8 heteroatoms. The zero-order valence-corrected chi connectivity index (χ0v) is 9.16. The number of nitrogens with one attached hydrogen (secondary N) is 1. The molecule has 0 saturated heterocycles. The molecular formula is C10H10N6O2. The van der Waals surface area contributed by atoms with Gasteiger partial charge < -0.3 is 16.6 Å². The number of hydrogen-bond donors (Lipinski definition) is 4. The predicted octanol–water partition coefficient (Wildman–Crippen LogP) is 1.69. The molecule has 1 aromatic heterocycles. The summed E-state index contributed by atoms with van der Waals surface area (Å²) in [6, 6.07) is 4.50. The lowest BCUT2D eigenvalue weighted by molar-refractivity contribution is 0.0699. The number of nitrogens with zero attached hydrogens (tertiary/aromatic N) is 3. The van der Waals surface area contributed by atoms with Crippen LogP contribution in [0.2, 0.25) is 0 Å². The van der Waals surface area contributed by atoms with Gasteiger partial charge in [-0.1, -0.05) is 0 Å². The third-order valence-corrected chi connectivity index (χ3v) is 2.22. The average molecular weight is 246 g/mol. The summed E-state index contributed by atoms with van der Waals surface area (Å²) >= 11 is 0. The standard InChI is InChI=1S/C10H10N6O2/c11-5-1-2-6(8(9(5)12)10(17)18)14-16-7-3-4-13-15-7/h1-4H,11-12H2,(H,13,15)(H,17,18). The molecule has 2 aromatic rings. The Morgan fingerprint density at radius 3 is 2.67 bits per heavy atom. The van der Waals surface area contributed by atoms with E-state index in [0.717, 1.165) is 0 Å². The van der Waals surface area contributed by atoms with E-state index in [9.17, 15) is 4.79 Å². The van der Waals surface area contributed by atoms with Gasteiger partial charge in [0.1, 0.15) is 11.3 Å². The molecule has 0 amide bonds. The SMILES string of the molecule is Nc1ccc(N=Nc2ccn[nH]2)c(C(=O)O)c1N. The van der Waals surface area contributed by atoms with E-state index in [-0.39, 0.29) is 22.6 Å². The zero-order chi connectivity index (χ0) is 13.1. The number of nitrogens with two attached hydrogens (primary N) is 2. The van der Waals surface area contributed by atoms with Crippen molar-refractivity contribution in [3.05, 3.63) is 30.0 Å². The van der Waals surface area contributed by atoms with E-state index in [2.05, 4.69) is 20.4 Å². The molecule has 8 nitrogen and oxygen atoms in total. The maximum absolute atomic E-state index is 11.1. The number of carboxylic acid groups (broad SMARTS) is 1. The molecule has 0 aliphatic carbocycles. The molecule has 0 radical (unpaired) electrons. The van der Waals surface area contributed by atoms with Crippen LogP contribution in [0.1, 0.15) is 10.4 Å². The second-order valence-corrected chi connectivity index (χ2v) is 3.41. The van der Waals surface area contributed by atoms with Crippen molar-refractivity contribution in [1.29, 1.82) is 0 Å². The molecule has 2 rings (SSSR count). The highest BCUT2D eigenvalue weighted by Crippen LogP contribution is 2.30. The van der Waals surface area contributed by atoms with Crippen LogP contribution in [0, 0.1) is 0 Å². The van der Waals surface area contributed by atoms with Gasteiger partial charge in [-0.2, -0.15) is 5.10 Å². The van der Waals surface area contributed by atoms with Crippen LogP contribution in [0.3, 0.4) is 0 Å². The first-order valence-electron chi connectivity index (χ1n) is 4.92. The number of carbonyl (C=O) groups is 1. The fraction of sp³-hybridized carbons (Fsp3) is 0. The minimum absolute atomic E-state index is 0.0245. The van der Waals surface area contributed by atoms with Crippen LogP contribution < -0.4 is 11.5 Å². The molecule has 6 N–H and O–H groups in total. The molecule has 0 spiro atoms. The molecule has 1 heterocycles. The van der Waals surface area contributed by atoms with Gasteiger partial charge in [-0.3, -0.25) is 5.10 Å². The van der Waals surface area contributed by atoms with Crippen molar-refractivity contribution in [3.8, 4) is 0 Å². The highest BCUT2D eigenvalue weighted by Gasteiger charge is 2.16. The third kappa shape index (κ3) is 2.12. The molecule has 0 aliphatic rings. The summed E-state index contributed by atoms with van der Waals surface area (Å²) in [7, 11) is 0. The lowest BCUT2D eigenvalue weighted by Crippen LogP contribution is -2.05. The molecule has 0 bridgehead atoms. The van der Waals surface area contributed by atoms with Crippen molar-refractivity contribution in [3.63, 3.8) is 0 Å². The number of aromatic nitrogens is 2. The topological polar surface area (TPSA) is 143 Å². The Kier molecular flexibility index (Phi) is 2.92. The van der Waals surface area contributed by atoms with Crippen molar-refractivity contribution in [1.82, 2.24) is 10.2 Å². The minimum atomic E-state index is -1.21. The van der Waals surface area contributed by atoms with Crippen LogP contribution in [-0.2, 0) is 0 Å². The molecule has 92 valence electrons. The maximum atomic E-state index is 11.1. The number of benzene rings is 1. The lowest BCUT2D eigenvalue weighted by atomic mass is 10.1. The van der Waals surface area contributed by atoms with Crippen molar-refractivity contribution >= 4 is 28.8 Å². The van der Waals surface area contributed by atoms with Gasteiger partial charge in [-0.15, -0.1) is 10.2 Å². The van der Waals surface area contributed by atoms with Crippen LogP contribution in [0.5, 0.6) is 0 Å². The first-order chi connectivity index (χ1) is 8.59. The summed E-state index contributed by atoms with van der Waals surface area (Å²) in [6.45, 7) is 0. The fourth-order valence-electron chi connectivity index (χ4n) is 1.34. The van der Waals surface area contributed by atoms with Gasteiger partial charge in [-0.05, 0) is 12.1 Å². The predicted molar refractivity (Wildman–Crippen MR) is 65.0 cm³/mol. The van der Waals surface area contributed by atoms with E-state index in [0.29, 0.717) is 5.82 Å². The molecule has 0 saturated carbocycles. The van der Waals surface area contributed by atoms with Crippen molar-refractivity contribution in [2.75, 3.05) is 11.5 Å². The average Bonchev–Trinajstić information content (AvgIpc) is 2.83. The number of H-pyrrole nitrogens is 1. The van der Waals surface area contributed by atoms with Crippen molar-refractivity contribution < 1.29 is 9.90 Å². The van der Waals surface area contributed by atoms with Gasteiger partial charge >= 0.3 is 5.97 Å². The second kappa shape index (κ2) is 4.53. The number of carboxylic acids is 1. The van der Waals surface area contributed by atoms with Crippen LogP contribution in [-0.4, -0.2) is 21.3 Å². The first kappa shape index (κ1) is 11.6. The lowest BCUT2D eigenvalue weighted by Gasteiger charge is -2.06. The summed E-state index contributed by atoms with van der Waals surface area (Å²) in [5.74, 6) is -0.805. The number of azo groups is 1. The minimum Gasteiger partial charge on any atom is -0.478 e. The van der Waals surface area contributed by atoms with Crippen LogP contribution in [0.15, 0.2) is 34.6 Å². The normalized spacial score (nSPS) is 10.9. The third-order valence-electron chi connectivity index (χ3n) is 2.22. The molecular weight excluding hydrogens is 236 g/mol. The number of aromatic amines is 1. The van der Waals surface area contributed by atoms with E-state index in [4.69, 9.17) is 16.6 Å². The van der Waals surface area contributed by atoms with Crippen LogP contribution >= 0.6 is 0 Å². The Bertz CT molecular complexity index is 605. The number of rotatable bonds is 3. The molecule has 0 fully saturated rings. The summed E-state index contributed by atoms with van der Waals surface area (Å²) in [5, 5.41) is 22.9. The summed E-state index contributed by atoms with van der Waals surface area (Å²) in [6.07, 6.45) is 1.50. The maximum Gasteiger partial charge on any atom is 0.340 e. The highest BCUT2D eigenvalue weighted by atomic mass is 16.4. The second-order valence-electron chi connectivity index (χ2n) is 3.41. The van der Waals surface area contributed by atoms with Crippen molar-refractivity contribution in [2.24, 2.45) is 10.2 Å². The highest BCUT2D eigenvalue weighted by molar-refractivity contribution is 6.01.